The highest BCUT2D eigenvalue weighted by Crippen LogP contribution is 2.56. The highest BCUT2D eigenvalue weighted by atomic mass is 35.5. The summed E-state index contributed by atoms with van der Waals surface area (Å²) in [4.78, 5) is 45.3. The second kappa shape index (κ2) is 8.11. The van der Waals surface area contributed by atoms with Gasteiger partial charge in [0.15, 0.2) is 11.5 Å². The Morgan fingerprint density at radius 1 is 1.08 bits per heavy atom. The molecule has 0 saturated carbocycles. The lowest BCUT2D eigenvalue weighted by Gasteiger charge is -2.33. The molecular weight excluding hydrogens is 527 g/mol. The maximum absolute atomic E-state index is 14.5. The second-order valence-electron chi connectivity index (χ2n) is 9.31. The molecular formula is C26H18Cl2N8O2. The molecule has 2 aliphatic heterocycles. The number of halogens is 2. The van der Waals surface area contributed by atoms with Crippen LogP contribution in [0.15, 0.2) is 55.1 Å². The number of carbonyl (C=O) groups is 2. The van der Waals surface area contributed by atoms with Gasteiger partial charge in [-0.15, -0.1) is 0 Å². The molecule has 38 heavy (non-hydrogen) atoms. The minimum Gasteiger partial charge on any atom is -0.340 e. The van der Waals surface area contributed by atoms with Crippen molar-refractivity contribution in [3.8, 4) is 5.82 Å². The molecule has 0 aliphatic carbocycles. The number of imidazole rings is 1. The lowest BCUT2D eigenvalue weighted by molar-refractivity contribution is -0.126. The molecule has 0 bridgehead atoms. The van der Waals surface area contributed by atoms with Gasteiger partial charge in [0.05, 0.1) is 29.3 Å². The van der Waals surface area contributed by atoms with Gasteiger partial charge in [0, 0.05) is 17.0 Å². The minimum absolute atomic E-state index is 0.121. The molecule has 12 heteroatoms. The molecule has 2 aromatic carbocycles. The molecule has 2 aliphatic rings. The first-order chi connectivity index (χ1) is 18.4. The van der Waals surface area contributed by atoms with Crippen molar-refractivity contribution in [2.45, 2.75) is 25.3 Å². The van der Waals surface area contributed by atoms with Gasteiger partial charge >= 0.3 is 0 Å². The van der Waals surface area contributed by atoms with Gasteiger partial charge in [-0.1, -0.05) is 53.5 Å². The largest absolute Gasteiger partial charge is 0.340 e. The van der Waals surface area contributed by atoms with E-state index in [0.29, 0.717) is 55.4 Å². The molecule has 7 rings (SSSR count). The quantitative estimate of drug-likeness (QED) is 0.348. The molecule has 2 N–H and O–H groups in total. The number of aromatic nitrogens is 6. The van der Waals surface area contributed by atoms with Gasteiger partial charge in [0.2, 0.25) is 11.8 Å². The average molecular weight is 545 g/mol. The van der Waals surface area contributed by atoms with Crippen LogP contribution in [0.3, 0.4) is 0 Å². The van der Waals surface area contributed by atoms with Gasteiger partial charge in [0.25, 0.3) is 0 Å². The number of benzene rings is 2. The van der Waals surface area contributed by atoms with Crippen LogP contribution in [0.1, 0.15) is 28.8 Å². The average Bonchev–Trinajstić information content (AvgIpc) is 3.56. The first kappa shape index (κ1) is 22.9. The smallest absolute Gasteiger partial charge is 0.243 e. The summed E-state index contributed by atoms with van der Waals surface area (Å²) >= 11 is 13.2. The minimum atomic E-state index is -1.38. The van der Waals surface area contributed by atoms with Crippen molar-refractivity contribution in [3.05, 3.63) is 87.5 Å². The van der Waals surface area contributed by atoms with Crippen LogP contribution in [0, 0.1) is 6.92 Å². The number of amides is 2. The summed E-state index contributed by atoms with van der Waals surface area (Å²) < 4.78 is 1.52. The number of nitrogens with one attached hydrogen (secondary N) is 2. The van der Waals surface area contributed by atoms with E-state index in [0.717, 1.165) is 5.56 Å². The predicted octanol–water partition coefficient (Wildman–Crippen LogP) is 4.33. The molecule has 3 aromatic heterocycles. The normalized spacial score (nSPS) is 18.2. The number of anilines is 2. The van der Waals surface area contributed by atoms with E-state index in [9.17, 15) is 9.59 Å². The fraction of sp³-hybridized carbons (Fsp3) is 0.154. The van der Waals surface area contributed by atoms with Crippen LogP contribution in [-0.2, 0) is 21.5 Å². The Hall–Kier alpha value is -4.28. The Kier molecular flexibility index (Phi) is 4.88. The number of rotatable bonds is 3. The SMILES string of the molecule is Cc1nn(-c2ncnc3nc[nH]c23)c2c1[C@@]1(CC(=O)N2)C(=O)N(Cc2ccccc2)c2c(Cl)cc(Cl)cc21. The molecule has 0 fully saturated rings. The van der Waals surface area contributed by atoms with Crippen molar-refractivity contribution < 1.29 is 9.59 Å². The number of hydrogen-bond donors (Lipinski definition) is 2. The number of H-pyrrole nitrogens is 1. The Labute approximate surface area is 225 Å². The summed E-state index contributed by atoms with van der Waals surface area (Å²) in [7, 11) is 0. The zero-order valence-corrected chi connectivity index (χ0v) is 21.4. The van der Waals surface area contributed by atoms with E-state index in [1.165, 1.54) is 17.3 Å². The summed E-state index contributed by atoms with van der Waals surface area (Å²) in [5.41, 5.74) is 2.78. The number of aromatic amines is 1. The van der Waals surface area contributed by atoms with Crippen molar-refractivity contribution >= 4 is 57.7 Å². The van der Waals surface area contributed by atoms with E-state index in [1.807, 2.05) is 30.3 Å². The van der Waals surface area contributed by atoms with Crippen LogP contribution in [0.2, 0.25) is 10.0 Å². The molecule has 0 unspecified atom stereocenters. The fourth-order valence-corrected chi connectivity index (χ4v) is 6.26. The maximum Gasteiger partial charge on any atom is 0.243 e. The van der Waals surface area contributed by atoms with Crippen molar-refractivity contribution in [1.82, 2.24) is 29.7 Å². The van der Waals surface area contributed by atoms with Crippen LogP contribution in [0.25, 0.3) is 17.0 Å². The molecule has 10 nitrogen and oxygen atoms in total. The van der Waals surface area contributed by atoms with Crippen molar-refractivity contribution in [2.75, 3.05) is 10.2 Å². The van der Waals surface area contributed by atoms with Crippen LogP contribution < -0.4 is 10.2 Å². The molecule has 0 radical (unpaired) electrons. The molecule has 188 valence electrons. The highest BCUT2D eigenvalue weighted by Gasteiger charge is 2.58. The zero-order valence-electron chi connectivity index (χ0n) is 19.9. The standard InChI is InChI=1S/C26H18Cl2N8O2/c1-13-19-23(36(34-13)24-20-22(30-11-29-20)31-12-32-24)33-18(37)9-26(19)16-7-15(27)8-17(28)21(16)35(25(26)38)10-14-5-3-2-4-6-14/h2-8,11-12H,9-10H2,1H3,(H,33,37)(H,29,30,31,32)/t26-/m0/s1. The number of fused-ring (bicyclic) bond motifs is 5. The van der Waals surface area contributed by atoms with Crippen LogP contribution >= 0.6 is 23.2 Å². The Morgan fingerprint density at radius 3 is 2.71 bits per heavy atom. The number of aryl methyl sites for hydroxylation is 1. The first-order valence-electron chi connectivity index (χ1n) is 11.8. The molecule has 1 spiro atoms. The number of carbonyl (C=O) groups excluding carboxylic acids is 2. The van der Waals surface area contributed by atoms with Crippen LogP contribution in [0.5, 0.6) is 0 Å². The number of hydrogen-bond acceptors (Lipinski definition) is 6. The van der Waals surface area contributed by atoms with Gasteiger partial charge in [-0.05, 0) is 30.2 Å². The van der Waals surface area contributed by atoms with Crippen LogP contribution in [-0.4, -0.2) is 41.5 Å². The van der Waals surface area contributed by atoms with E-state index < -0.39 is 5.41 Å². The van der Waals surface area contributed by atoms with E-state index in [1.54, 1.807) is 24.0 Å². The Balaban J connectivity index is 1.50. The predicted molar refractivity (Wildman–Crippen MR) is 142 cm³/mol. The Bertz CT molecular complexity index is 1800. The number of nitrogens with zero attached hydrogens (tertiary/aromatic N) is 6. The first-order valence-corrected chi connectivity index (χ1v) is 12.5. The van der Waals surface area contributed by atoms with Gasteiger partial charge < -0.3 is 15.2 Å². The van der Waals surface area contributed by atoms with Crippen molar-refractivity contribution in [3.63, 3.8) is 0 Å². The third kappa shape index (κ3) is 3.07. The topological polar surface area (TPSA) is 122 Å². The third-order valence-electron chi connectivity index (χ3n) is 7.13. The van der Waals surface area contributed by atoms with Crippen molar-refractivity contribution in [2.24, 2.45) is 0 Å². The fourth-order valence-electron chi connectivity index (χ4n) is 5.67. The van der Waals surface area contributed by atoms with Crippen molar-refractivity contribution in [1.29, 1.82) is 0 Å². The summed E-state index contributed by atoms with van der Waals surface area (Å²) in [5.74, 6) is 0.134. The van der Waals surface area contributed by atoms with Gasteiger partial charge in [-0.2, -0.15) is 9.78 Å². The zero-order chi connectivity index (χ0) is 26.2. The third-order valence-corrected chi connectivity index (χ3v) is 7.63. The highest BCUT2D eigenvalue weighted by molar-refractivity contribution is 6.38. The van der Waals surface area contributed by atoms with E-state index in [2.05, 4.69) is 25.3 Å². The van der Waals surface area contributed by atoms with E-state index >= 15 is 0 Å². The maximum atomic E-state index is 14.5. The van der Waals surface area contributed by atoms with E-state index in [-0.39, 0.29) is 24.8 Å². The molecule has 1 atom stereocenters. The molecule has 5 aromatic rings. The van der Waals surface area contributed by atoms with Gasteiger partial charge in [-0.3, -0.25) is 9.59 Å². The van der Waals surface area contributed by atoms with Gasteiger partial charge in [-0.25, -0.2) is 15.0 Å². The molecule has 2 amide bonds. The van der Waals surface area contributed by atoms with Crippen LogP contribution in [0.4, 0.5) is 11.5 Å². The summed E-state index contributed by atoms with van der Waals surface area (Å²) in [6.07, 6.45) is 2.76. The summed E-state index contributed by atoms with van der Waals surface area (Å²) in [6, 6.07) is 13.0. The lowest BCUT2D eigenvalue weighted by Crippen LogP contribution is -2.46. The van der Waals surface area contributed by atoms with Gasteiger partial charge in [0.1, 0.15) is 23.1 Å². The molecule has 5 heterocycles. The monoisotopic (exact) mass is 544 g/mol. The second-order valence-corrected chi connectivity index (χ2v) is 10.2. The lowest BCUT2D eigenvalue weighted by atomic mass is 9.70. The summed E-state index contributed by atoms with van der Waals surface area (Å²) in [5, 5.41) is 8.37. The summed E-state index contributed by atoms with van der Waals surface area (Å²) in [6.45, 7) is 2.08. The van der Waals surface area contributed by atoms with E-state index in [4.69, 9.17) is 28.3 Å². The Morgan fingerprint density at radius 2 is 1.89 bits per heavy atom. The molecule has 0 saturated heterocycles.